The van der Waals surface area contributed by atoms with Gasteiger partial charge in [0.05, 0.1) is 28.0 Å². The first-order valence-electron chi connectivity index (χ1n) is 12.6. The molecule has 0 radical (unpaired) electrons. The molecule has 0 bridgehead atoms. The van der Waals surface area contributed by atoms with E-state index in [1.165, 1.54) is 32.5 Å². The highest BCUT2D eigenvalue weighted by Crippen LogP contribution is 2.42. The van der Waals surface area contributed by atoms with Gasteiger partial charge in [-0.3, -0.25) is 4.68 Å². The molecular formula is C26H20Cl2F5N7O4. The summed E-state index contributed by atoms with van der Waals surface area (Å²) in [7, 11) is 1.26. The van der Waals surface area contributed by atoms with Gasteiger partial charge in [-0.15, -0.1) is 5.10 Å². The number of rotatable bonds is 6. The minimum absolute atomic E-state index is 0.0755. The molecular weight excluding hydrogens is 640 g/mol. The molecule has 1 aliphatic heterocycles. The minimum Gasteiger partial charge on any atom is -0.391 e. The molecule has 0 amide bonds. The van der Waals surface area contributed by atoms with Crippen LogP contribution in [-0.4, -0.2) is 71.3 Å². The lowest BCUT2D eigenvalue weighted by Crippen LogP contribution is -2.56. The number of alkyl halides is 3. The SMILES string of the molecule is CO[C@H]1C(C(C)O)O[C@@H](c2nc(C#N)nn2-c2cc(Cl)cnc2C(F)(F)F)[C@@H](O)C1n1cc(-c2ccc(Cl)c(F)c2F)cn1. The Bertz CT molecular complexity index is 1740. The predicted molar refractivity (Wildman–Crippen MR) is 142 cm³/mol. The van der Waals surface area contributed by atoms with Gasteiger partial charge < -0.3 is 19.7 Å². The molecule has 1 aliphatic rings. The number of nitriles is 1. The third kappa shape index (κ3) is 5.62. The van der Waals surface area contributed by atoms with Crippen molar-refractivity contribution in [2.45, 2.75) is 49.7 Å². The van der Waals surface area contributed by atoms with Crippen molar-refractivity contribution in [2.24, 2.45) is 0 Å². The molecule has 0 aliphatic carbocycles. The molecule has 2 N–H and O–H groups in total. The van der Waals surface area contributed by atoms with Gasteiger partial charge in [0.25, 0.3) is 5.82 Å². The van der Waals surface area contributed by atoms with Gasteiger partial charge in [-0.2, -0.15) is 28.5 Å². The Labute approximate surface area is 255 Å². The summed E-state index contributed by atoms with van der Waals surface area (Å²) in [5.74, 6) is -3.58. The molecule has 232 valence electrons. The normalized spacial score (nSPS) is 23.0. The lowest BCUT2D eigenvalue weighted by atomic mass is 9.89. The number of hydrogen-bond donors (Lipinski definition) is 2. The second-order valence-electron chi connectivity index (χ2n) is 9.71. The molecule has 0 spiro atoms. The standard InChI is InChI=1S/C26H20Cl2F5N7O4/c1-10(41)21-22(43-2)19(39-9-11(7-36-39)13-3-4-14(28)18(30)17(13)29)20(42)23(44-21)25-37-16(6-34)38-40(25)15-5-12(27)8-35-24(15)26(31,32)33/h3-5,7-10,19-23,41-42H,1-2H3/t10?,19?,20-,21?,22+,23+/m0/s1. The molecule has 5 rings (SSSR count). The average molecular weight is 660 g/mol. The Morgan fingerprint density at radius 2 is 1.91 bits per heavy atom. The fraction of sp³-hybridized carbons (Fsp3) is 0.346. The molecule has 1 aromatic carbocycles. The van der Waals surface area contributed by atoms with E-state index in [9.17, 15) is 37.4 Å². The van der Waals surface area contributed by atoms with E-state index in [1.54, 1.807) is 6.07 Å². The number of pyridine rings is 1. The van der Waals surface area contributed by atoms with Crippen LogP contribution in [0.25, 0.3) is 16.8 Å². The van der Waals surface area contributed by atoms with E-state index in [2.05, 4.69) is 20.2 Å². The average Bonchev–Trinajstić information content (AvgIpc) is 3.62. The number of ether oxygens (including phenoxy) is 2. The number of benzene rings is 1. The monoisotopic (exact) mass is 659 g/mol. The highest BCUT2D eigenvalue weighted by atomic mass is 35.5. The maximum absolute atomic E-state index is 14.7. The van der Waals surface area contributed by atoms with Crippen LogP contribution in [0.4, 0.5) is 22.0 Å². The summed E-state index contributed by atoms with van der Waals surface area (Å²) in [4.78, 5) is 7.37. The fourth-order valence-corrected chi connectivity index (χ4v) is 5.31. The third-order valence-electron chi connectivity index (χ3n) is 6.94. The molecule has 18 heteroatoms. The number of halogens is 7. The molecule has 3 unspecified atom stereocenters. The summed E-state index contributed by atoms with van der Waals surface area (Å²) in [6.45, 7) is 1.34. The summed E-state index contributed by atoms with van der Waals surface area (Å²) in [5.41, 5.74) is -2.27. The first-order chi connectivity index (χ1) is 20.8. The molecule has 11 nitrogen and oxygen atoms in total. The minimum atomic E-state index is -4.99. The summed E-state index contributed by atoms with van der Waals surface area (Å²) >= 11 is 11.6. The molecule has 4 aromatic rings. The van der Waals surface area contributed by atoms with Crippen LogP contribution in [-0.2, 0) is 15.7 Å². The Morgan fingerprint density at radius 1 is 1.18 bits per heavy atom. The van der Waals surface area contributed by atoms with E-state index in [0.717, 1.165) is 23.0 Å². The van der Waals surface area contributed by atoms with E-state index in [4.69, 9.17) is 32.7 Å². The number of methoxy groups -OCH3 is 1. The Hall–Kier alpha value is -3.72. The van der Waals surface area contributed by atoms with E-state index >= 15 is 0 Å². The summed E-state index contributed by atoms with van der Waals surface area (Å²) < 4.78 is 84.0. The molecule has 4 heterocycles. The second-order valence-corrected chi connectivity index (χ2v) is 10.6. The largest absolute Gasteiger partial charge is 0.435 e. The lowest BCUT2D eigenvalue weighted by Gasteiger charge is -2.44. The van der Waals surface area contributed by atoms with E-state index in [0.29, 0.717) is 4.68 Å². The van der Waals surface area contributed by atoms with E-state index in [-0.39, 0.29) is 16.1 Å². The lowest BCUT2D eigenvalue weighted by molar-refractivity contribution is -0.230. The maximum Gasteiger partial charge on any atom is 0.435 e. The topological polar surface area (TPSA) is 144 Å². The molecule has 6 atom stereocenters. The van der Waals surface area contributed by atoms with Crippen molar-refractivity contribution in [3.8, 4) is 22.9 Å². The Balaban J connectivity index is 1.65. The number of aromatic nitrogens is 6. The van der Waals surface area contributed by atoms with Gasteiger partial charge in [0, 0.05) is 30.6 Å². The van der Waals surface area contributed by atoms with Gasteiger partial charge in [-0.05, 0) is 25.1 Å². The van der Waals surface area contributed by atoms with Crippen molar-refractivity contribution in [2.75, 3.05) is 7.11 Å². The fourth-order valence-electron chi connectivity index (χ4n) is 5.01. The summed E-state index contributed by atoms with van der Waals surface area (Å²) in [6, 6.07) is 3.64. The van der Waals surface area contributed by atoms with Crippen LogP contribution in [0.3, 0.4) is 0 Å². The zero-order chi connectivity index (χ0) is 32.1. The van der Waals surface area contributed by atoms with Crippen molar-refractivity contribution in [1.82, 2.24) is 29.5 Å². The predicted octanol–water partition coefficient (Wildman–Crippen LogP) is 4.44. The van der Waals surface area contributed by atoms with E-state index in [1.807, 2.05) is 0 Å². The first-order valence-corrected chi connectivity index (χ1v) is 13.3. The molecule has 1 saturated heterocycles. The van der Waals surface area contributed by atoms with Crippen LogP contribution in [0, 0.1) is 23.0 Å². The van der Waals surface area contributed by atoms with Crippen LogP contribution < -0.4 is 0 Å². The number of aliphatic hydroxyl groups is 2. The van der Waals surface area contributed by atoms with Crippen molar-refractivity contribution >= 4 is 23.2 Å². The molecule has 44 heavy (non-hydrogen) atoms. The Morgan fingerprint density at radius 3 is 2.55 bits per heavy atom. The van der Waals surface area contributed by atoms with Crippen molar-refractivity contribution in [3.05, 3.63) is 75.8 Å². The van der Waals surface area contributed by atoms with Crippen LogP contribution >= 0.6 is 23.2 Å². The smallest absolute Gasteiger partial charge is 0.391 e. The number of aliphatic hydroxyl groups excluding tert-OH is 2. The second kappa shape index (κ2) is 12.0. The highest BCUT2D eigenvalue weighted by Gasteiger charge is 2.51. The quantitative estimate of drug-likeness (QED) is 0.227. The van der Waals surface area contributed by atoms with Gasteiger partial charge in [-0.25, -0.2) is 18.4 Å². The van der Waals surface area contributed by atoms with Crippen LogP contribution in [0.1, 0.15) is 36.4 Å². The zero-order valence-corrected chi connectivity index (χ0v) is 23.9. The van der Waals surface area contributed by atoms with Gasteiger partial charge in [-0.1, -0.05) is 23.2 Å². The molecule has 0 saturated carbocycles. The van der Waals surface area contributed by atoms with Crippen molar-refractivity contribution in [1.29, 1.82) is 5.26 Å². The molecule has 1 fully saturated rings. The van der Waals surface area contributed by atoms with Crippen molar-refractivity contribution in [3.63, 3.8) is 0 Å². The van der Waals surface area contributed by atoms with Crippen LogP contribution in [0.15, 0.2) is 36.8 Å². The highest BCUT2D eigenvalue weighted by molar-refractivity contribution is 6.31. The van der Waals surface area contributed by atoms with Crippen LogP contribution in [0.2, 0.25) is 10.0 Å². The zero-order valence-electron chi connectivity index (χ0n) is 22.4. The van der Waals surface area contributed by atoms with Gasteiger partial charge in [0.15, 0.2) is 23.2 Å². The number of hydrogen-bond acceptors (Lipinski definition) is 9. The number of nitrogens with zero attached hydrogens (tertiary/aromatic N) is 7. The summed E-state index contributed by atoms with van der Waals surface area (Å²) in [6.07, 6.45) is -8.87. The van der Waals surface area contributed by atoms with Crippen molar-refractivity contribution < 1.29 is 41.6 Å². The summed E-state index contributed by atoms with van der Waals surface area (Å²) in [5, 5.41) is 39.2. The van der Waals surface area contributed by atoms with Crippen LogP contribution in [0.5, 0.6) is 0 Å². The van der Waals surface area contributed by atoms with Gasteiger partial charge >= 0.3 is 6.18 Å². The van der Waals surface area contributed by atoms with Gasteiger partial charge in [0.2, 0.25) is 0 Å². The van der Waals surface area contributed by atoms with Gasteiger partial charge in [0.1, 0.15) is 36.5 Å². The van der Waals surface area contributed by atoms with E-state index < -0.39 is 82.4 Å². The third-order valence-corrected chi connectivity index (χ3v) is 7.44. The maximum atomic E-state index is 14.7. The first kappa shape index (κ1) is 31.7. The molecule has 3 aromatic heterocycles. The Kier molecular flexibility index (Phi) is 8.64.